The van der Waals surface area contributed by atoms with Gasteiger partial charge in [-0.1, -0.05) is 44.9 Å². The number of nitrogens with two attached hydrogens (primary N) is 1. The third-order valence-corrected chi connectivity index (χ3v) is 8.71. The van der Waals surface area contributed by atoms with Crippen LogP contribution in [0.25, 0.3) is 0 Å². The lowest BCUT2D eigenvalue weighted by molar-refractivity contribution is -0.139. The molecule has 5 atom stereocenters. The van der Waals surface area contributed by atoms with Gasteiger partial charge in [0.05, 0.1) is 0 Å². The van der Waals surface area contributed by atoms with E-state index in [0.717, 1.165) is 44.9 Å². The van der Waals surface area contributed by atoms with E-state index in [1.165, 1.54) is 12.8 Å². The molecule has 6 N–H and O–H groups in total. The molecule has 0 aliphatic heterocycles. The summed E-state index contributed by atoms with van der Waals surface area (Å²) in [6, 6.07) is -2.02. The summed E-state index contributed by atoms with van der Waals surface area (Å²) in [4.78, 5) is 24.7. The predicted molar refractivity (Wildman–Crippen MR) is 122 cm³/mol. The highest BCUT2D eigenvalue weighted by atomic mass is 32.2. The maximum Gasteiger partial charge on any atom is 0.321 e. The minimum absolute atomic E-state index is 0.121. The number of carbonyl (C=O) groups excluding carboxylic acids is 1. The first-order chi connectivity index (χ1) is 15.3. The quantitative estimate of drug-likeness (QED) is 0.257. The van der Waals surface area contributed by atoms with E-state index in [1.54, 1.807) is 0 Å². The van der Waals surface area contributed by atoms with Gasteiger partial charge in [-0.2, -0.15) is 17.9 Å². The van der Waals surface area contributed by atoms with Crippen LogP contribution in [0.15, 0.2) is 0 Å². The molecule has 3 rings (SSSR count). The van der Waals surface area contributed by atoms with Crippen LogP contribution in [0.3, 0.4) is 0 Å². The minimum atomic E-state index is -4.17. The number of nitrogens with one attached hydrogen (secondary N) is 3. The topological polar surface area (TPSA) is 151 Å². The average molecular weight is 473 g/mol. The lowest BCUT2D eigenvalue weighted by Crippen LogP contribution is -2.55. The fourth-order valence-corrected chi connectivity index (χ4v) is 7.04. The Labute approximate surface area is 191 Å². The van der Waals surface area contributed by atoms with Gasteiger partial charge in [-0.25, -0.2) is 0 Å². The number of carbonyl (C=O) groups is 2. The summed E-state index contributed by atoms with van der Waals surface area (Å²) in [7, 11) is -4.17. The monoisotopic (exact) mass is 472 g/mol. The van der Waals surface area contributed by atoms with Crippen LogP contribution in [0.2, 0.25) is 0 Å². The predicted octanol–water partition coefficient (Wildman–Crippen LogP) is 1.64. The Hall–Kier alpha value is -1.23. The van der Waals surface area contributed by atoms with Gasteiger partial charge in [0.25, 0.3) is 10.2 Å². The molecule has 3 fully saturated rings. The van der Waals surface area contributed by atoms with E-state index in [4.69, 9.17) is 5.73 Å². The van der Waals surface area contributed by atoms with E-state index >= 15 is 0 Å². The Morgan fingerprint density at radius 2 is 1.69 bits per heavy atom. The molecule has 2 bridgehead atoms. The summed E-state index contributed by atoms with van der Waals surface area (Å²) in [5, 5.41) is 12.5. The molecule has 184 valence electrons. The molecule has 0 aromatic heterocycles. The largest absolute Gasteiger partial charge is 0.480 e. The third-order valence-electron chi connectivity index (χ3n) is 7.52. The molecule has 3 saturated carbocycles. The molecule has 0 aromatic carbocycles. The van der Waals surface area contributed by atoms with E-state index < -0.39 is 28.3 Å². The lowest BCUT2D eigenvalue weighted by atomic mass is 9.84. The number of aliphatic carboxylic acids is 1. The van der Waals surface area contributed by atoms with Gasteiger partial charge in [0, 0.05) is 6.04 Å². The number of carboxylic acid groups (broad SMARTS) is 1. The number of rotatable bonds is 13. The molecular formula is C22H40N4O5S. The number of unbranched alkanes of at least 4 members (excludes halogenated alkanes) is 1. The second-order valence-corrected chi connectivity index (χ2v) is 11.5. The molecule has 9 nitrogen and oxygen atoms in total. The third kappa shape index (κ3) is 7.40. The maximum atomic E-state index is 13.2. The fraction of sp³-hybridized carbons (Fsp3) is 0.909. The van der Waals surface area contributed by atoms with Crippen LogP contribution in [0.4, 0.5) is 0 Å². The second-order valence-electron chi connectivity index (χ2n) is 10.00. The van der Waals surface area contributed by atoms with Crippen LogP contribution < -0.4 is 20.5 Å². The van der Waals surface area contributed by atoms with Crippen molar-refractivity contribution in [3.05, 3.63) is 0 Å². The lowest BCUT2D eigenvalue weighted by Gasteiger charge is -2.29. The van der Waals surface area contributed by atoms with Crippen molar-refractivity contribution in [3.8, 4) is 0 Å². The van der Waals surface area contributed by atoms with Crippen molar-refractivity contribution >= 4 is 22.1 Å². The summed E-state index contributed by atoms with van der Waals surface area (Å²) in [5.74, 6) is -0.0588. The van der Waals surface area contributed by atoms with Gasteiger partial charge in [-0.3, -0.25) is 9.59 Å². The van der Waals surface area contributed by atoms with Crippen LogP contribution in [0, 0.1) is 17.8 Å². The summed E-state index contributed by atoms with van der Waals surface area (Å²) < 4.78 is 30.3. The van der Waals surface area contributed by atoms with E-state index in [9.17, 15) is 23.1 Å². The van der Waals surface area contributed by atoms with Crippen molar-refractivity contribution in [2.24, 2.45) is 23.5 Å². The second kappa shape index (κ2) is 11.8. The zero-order valence-electron chi connectivity index (χ0n) is 18.9. The van der Waals surface area contributed by atoms with Crippen LogP contribution in [0.1, 0.15) is 83.5 Å². The average Bonchev–Trinajstić information content (AvgIpc) is 3.36. The number of hydrogen-bond donors (Lipinski definition) is 5. The number of amides is 1. The first kappa shape index (κ1) is 25.4. The summed E-state index contributed by atoms with van der Waals surface area (Å²) in [6.45, 7) is 0.421. The molecule has 0 saturated heterocycles. The molecule has 0 heterocycles. The van der Waals surface area contributed by atoms with E-state index in [2.05, 4.69) is 14.8 Å². The van der Waals surface area contributed by atoms with Gasteiger partial charge in [-0.15, -0.1) is 0 Å². The molecular weight excluding hydrogens is 432 g/mol. The molecule has 10 heteroatoms. The van der Waals surface area contributed by atoms with E-state index in [1.807, 2.05) is 0 Å². The van der Waals surface area contributed by atoms with Crippen LogP contribution in [-0.2, 0) is 19.8 Å². The number of hydrogen-bond acceptors (Lipinski definition) is 5. The van der Waals surface area contributed by atoms with Crippen molar-refractivity contribution < 1.29 is 23.1 Å². The van der Waals surface area contributed by atoms with Gasteiger partial charge < -0.3 is 16.2 Å². The zero-order chi connectivity index (χ0) is 23.1. The SMILES string of the molecule is NCCCC[C@H](NS(=O)(=O)N[C@@H](CC1CCCCC1)C(=O)N[C@H]1C[C@H]2CC[C@H]1C2)C(=O)O. The van der Waals surface area contributed by atoms with Crippen LogP contribution in [-0.4, -0.2) is 50.1 Å². The Bertz CT molecular complexity index is 741. The molecule has 3 aliphatic carbocycles. The summed E-state index contributed by atoms with van der Waals surface area (Å²) in [6.07, 6.45) is 11.5. The van der Waals surface area contributed by atoms with Crippen molar-refractivity contribution in [2.75, 3.05) is 6.54 Å². The first-order valence-corrected chi connectivity index (χ1v) is 13.8. The Balaban J connectivity index is 1.64. The van der Waals surface area contributed by atoms with Crippen LogP contribution in [0.5, 0.6) is 0 Å². The minimum Gasteiger partial charge on any atom is -0.480 e. The Morgan fingerprint density at radius 3 is 2.28 bits per heavy atom. The van der Waals surface area contributed by atoms with Gasteiger partial charge >= 0.3 is 5.97 Å². The standard InChI is InChI=1S/C22H40N4O5S/c23-11-5-4-8-18(22(28)29)25-32(30,31)26-20(13-15-6-2-1-3-7-15)21(27)24-19-14-16-9-10-17(19)12-16/h15-20,25-26H,1-14,23H2,(H,24,27)(H,28,29)/t16-,17-,18-,19-,20-/m0/s1. The molecule has 1 amide bonds. The van der Waals surface area contributed by atoms with Gasteiger partial charge in [0.1, 0.15) is 12.1 Å². The molecule has 0 spiro atoms. The Kier molecular flexibility index (Phi) is 9.33. The number of carboxylic acids is 1. The molecule has 0 radical (unpaired) electrons. The molecule has 0 aromatic rings. The first-order valence-electron chi connectivity index (χ1n) is 12.3. The number of fused-ring (bicyclic) bond motifs is 2. The Morgan fingerprint density at radius 1 is 0.969 bits per heavy atom. The van der Waals surface area contributed by atoms with Crippen molar-refractivity contribution in [3.63, 3.8) is 0 Å². The maximum absolute atomic E-state index is 13.2. The normalized spacial score (nSPS) is 27.8. The molecule has 3 aliphatic rings. The van der Waals surface area contributed by atoms with Gasteiger partial charge in [0.2, 0.25) is 5.91 Å². The van der Waals surface area contributed by atoms with Crippen molar-refractivity contribution in [2.45, 2.75) is 102 Å². The fourth-order valence-electron chi connectivity index (χ4n) is 5.80. The van der Waals surface area contributed by atoms with Gasteiger partial charge in [0.15, 0.2) is 0 Å². The summed E-state index contributed by atoms with van der Waals surface area (Å²) in [5.41, 5.74) is 5.45. The highest BCUT2D eigenvalue weighted by Gasteiger charge is 2.41. The van der Waals surface area contributed by atoms with E-state index in [-0.39, 0.29) is 18.4 Å². The van der Waals surface area contributed by atoms with Crippen LogP contribution >= 0.6 is 0 Å². The van der Waals surface area contributed by atoms with E-state index in [0.29, 0.717) is 43.6 Å². The highest BCUT2D eigenvalue weighted by Crippen LogP contribution is 2.44. The highest BCUT2D eigenvalue weighted by molar-refractivity contribution is 7.87. The van der Waals surface area contributed by atoms with Gasteiger partial charge in [-0.05, 0) is 62.8 Å². The van der Waals surface area contributed by atoms with Crippen molar-refractivity contribution in [1.29, 1.82) is 0 Å². The smallest absolute Gasteiger partial charge is 0.321 e. The van der Waals surface area contributed by atoms with Crippen molar-refractivity contribution in [1.82, 2.24) is 14.8 Å². The zero-order valence-corrected chi connectivity index (χ0v) is 19.7. The summed E-state index contributed by atoms with van der Waals surface area (Å²) >= 11 is 0. The molecule has 0 unspecified atom stereocenters. The molecule has 32 heavy (non-hydrogen) atoms.